The maximum Gasteiger partial charge on any atom is 0.217 e. The van der Waals surface area contributed by atoms with E-state index < -0.39 is 24.4 Å². The number of amides is 1. The van der Waals surface area contributed by atoms with Crippen molar-refractivity contribution in [1.29, 1.82) is 0 Å². The molecule has 1 amide bonds. The number of aliphatic hydroxyl groups excluding tert-OH is 1. The molecule has 0 unspecified atom stereocenters. The summed E-state index contributed by atoms with van der Waals surface area (Å²) in [6, 6.07) is -0.899. The van der Waals surface area contributed by atoms with Crippen molar-refractivity contribution in [2.75, 3.05) is 27.9 Å². The van der Waals surface area contributed by atoms with Gasteiger partial charge in [-0.15, -0.1) is 0 Å². The number of aliphatic hydroxyl groups is 1. The van der Waals surface area contributed by atoms with Gasteiger partial charge in [0.25, 0.3) is 0 Å². The van der Waals surface area contributed by atoms with Crippen LogP contribution in [-0.2, 0) is 23.8 Å². The smallest absolute Gasteiger partial charge is 0.217 e. The Hall–Kier alpha value is -1.02. The first-order valence-electron chi connectivity index (χ1n) is 5.46. The van der Waals surface area contributed by atoms with Crippen LogP contribution < -0.4 is 5.32 Å². The van der Waals surface area contributed by atoms with E-state index in [1.807, 2.05) is 0 Å². The molecule has 0 radical (unpaired) electrons. The first-order chi connectivity index (χ1) is 8.51. The second kappa shape index (κ2) is 8.98. The third kappa shape index (κ3) is 5.09. The molecule has 0 bridgehead atoms. The minimum absolute atomic E-state index is 0.0318. The predicted molar refractivity (Wildman–Crippen MR) is 63.1 cm³/mol. The van der Waals surface area contributed by atoms with E-state index in [9.17, 15) is 14.7 Å². The molecule has 0 saturated carbocycles. The highest BCUT2D eigenvalue weighted by Gasteiger charge is 2.35. The van der Waals surface area contributed by atoms with Crippen LogP contribution in [0.5, 0.6) is 0 Å². The molecule has 0 aliphatic heterocycles. The van der Waals surface area contributed by atoms with Crippen molar-refractivity contribution in [3.05, 3.63) is 0 Å². The lowest BCUT2D eigenvalue weighted by atomic mass is 10.0. The van der Waals surface area contributed by atoms with E-state index in [4.69, 9.17) is 14.2 Å². The van der Waals surface area contributed by atoms with Gasteiger partial charge in [0, 0.05) is 28.3 Å². The van der Waals surface area contributed by atoms with Gasteiger partial charge in [-0.3, -0.25) is 4.79 Å². The van der Waals surface area contributed by atoms with E-state index in [1.165, 1.54) is 28.3 Å². The zero-order valence-electron chi connectivity index (χ0n) is 11.1. The van der Waals surface area contributed by atoms with Crippen molar-refractivity contribution < 1.29 is 28.9 Å². The second-order valence-electron chi connectivity index (χ2n) is 3.79. The van der Waals surface area contributed by atoms with Gasteiger partial charge in [-0.05, 0) is 0 Å². The van der Waals surface area contributed by atoms with Gasteiger partial charge in [-0.2, -0.15) is 0 Å². The molecule has 0 aromatic carbocycles. The molecule has 0 heterocycles. The highest BCUT2D eigenvalue weighted by molar-refractivity contribution is 5.77. The summed E-state index contributed by atoms with van der Waals surface area (Å²) in [5.41, 5.74) is 0. The minimum Gasteiger partial charge on any atom is -0.388 e. The molecule has 0 aliphatic rings. The summed E-state index contributed by atoms with van der Waals surface area (Å²) in [6.07, 6.45) is -2.03. The highest BCUT2D eigenvalue weighted by atomic mass is 16.5. The number of hydrogen-bond donors (Lipinski definition) is 2. The van der Waals surface area contributed by atoms with Crippen molar-refractivity contribution >= 4 is 12.2 Å². The van der Waals surface area contributed by atoms with Gasteiger partial charge >= 0.3 is 0 Å². The molecule has 7 nitrogen and oxygen atoms in total. The average molecular weight is 263 g/mol. The van der Waals surface area contributed by atoms with Gasteiger partial charge in [0.1, 0.15) is 30.6 Å². The zero-order chi connectivity index (χ0) is 14.1. The topological polar surface area (TPSA) is 94.1 Å². The third-order valence-electron chi connectivity index (χ3n) is 2.46. The minimum atomic E-state index is -0.971. The van der Waals surface area contributed by atoms with Crippen LogP contribution in [0.3, 0.4) is 0 Å². The van der Waals surface area contributed by atoms with Crippen LogP contribution in [0.15, 0.2) is 0 Å². The number of rotatable bonds is 9. The molecule has 0 rings (SSSR count). The molecule has 7 heteroatoms. The number of methoxy groups -OCH3 is 3. The van der Waals surface area contributed by atoms with Crippen LogP contribution in [0.4, 0.5) is 0 Å². The van der Waals surface area contributed by atoms with Crippen molar-refractivity contribution in [1.82, 2.24) is 5.32 Å². The molecule has 0 saturated heterocycles. The largest absolute Gasteiger partial charge is 0.388 e. The fourth-order valence-corrected chi connectivity index (χ4v) is 1.69. The summed E-state index contributed by atoms with van der Waals surface area (Å²) in [5, 5.41) is 12.3. The van der Waals surface area contributed by atoms with Crippen molar-refractivity contribution in [2.45, 2.75) is 31.3 Å². The summed E-state index contributed by atoms with van der Waals surface area (Å²) < 4.78 is 15.1. The molecular formula is C11H21NO6. The monoisotopic (exact) mass is 263 g/mol. The van der Waals surface area contributed by atoms with E-state index in [1.54, 1.807) is 0 Å². The van der Waals surface area contributed by atoms with E-state index >= 15 is 0 Å². The number of carbonyl (C=O) groups is 2. The van der Waals surface area contributed by atoms with Gasteiger partial charge in [-0.25, -0.2) is 0 Å². The lowest BCUT2D eigenvalue weighted by Gasteiger charge is -2.31. The summed E-state index contributed by atoms with van der Waals surface area (Å²) in [5.74, 6) is -0.370. The van der Waals surface area contributed by atoms with E-state index in [-0.39, 0.29) is 12.5 Å². The zero-order valence-corrected chi connectivity index (χ0v) is 11.1. The van der Waals surface area contributed by atoms with Crippen LogP contribution in [-0.4, -0.2) is 69.6 Å². The standard InChI is InChI=1S/C11H21NO6/c1-7(14)12-8(5-13)10(17-3)11(18-4)9(15)6-16-2/h5,8-11,15H,6H2,1-4H3,(H,12,14)/t8-,9-,10-,11-/m1/s1. The summed E-state index contributed by atoms with van der Waals surface area (Å²) in [6.45, 7) is 1.32. The van der Waals surface area contributed by atoms with Crippen LogP contribution in [0.1, 0.15) is 6.92 Å². The lowest BCUT2D eigenvalue weighted by Crippen LogP contribution is -2.54. The maximum atomic E-state index is 11.0. The van der Waals surface area contributed by atoms with Gasteiger partial charge in [-0.1, -0.05) is 0 Å². The van der Waals surface area contributed by atoms with Crippen LogP contribution in [0.25, 0.3) is 0 Å². The van der Waals surface area contributed by atoms with E-state index in [2.05, 4.69) is 5.32 Å². The van der Waals surface area contributed by atoms with Crippen LogP contribution >= 0.6 is 0 Å². The lowest BCUT2D eigenvalue weighted by molar-refractivity contribution is -0.138. The Bertz CT molecular complexity index is 260. The van der Waals surface area contributed by atoms with Crippen LogP contribution in [0.2, 0.25) is 0 Å². The average Bonchev–Trinajstić information content (AvgIpc) is 2.33. The first-order valence-corrected chi connectivity index (χ1v) is 5.46. The third-order valence-corrected chi connectivity index (χ3v) is 2.46. The van der Waals surface area contributed by atoms with E-state index in [0.717, 1.165) is 0 Å². The SMILES string of the molecule is COC[C@@H](O)[C@@H](OC)[C@H](OC)[C@@H](C=O)NC(C)=O. The van der Waals surface area contributed by atoms with Gasteiger partial charge < -0.3 is 29.4 Å². The molecule has 18 heavy (non-hydrogen) atoms. The Morgan fingerprint density at radius 1 is 1.28 bits per heavy atom. The van der Waals surface area contributed by atoms with Crippen molar-refractivity contribution in [2.24, 2.45) is 0 Å². The summed E-state index contributed by atoms with van der Waals surface area (Å²) in [7, 11) is 4.18. The molecule has 0 aromatic heterocycles. The molecule has 0 aliphatic carbocycles. The fraction of sp³-hybridized carbons (Fsp3) is 0.818. The molecule has 0 spiro atoms. The molecule has 106 valence electrons. The Kier molecular flexibility index (Phi) is 8.47. The molecule has 2 N–H and O–H groups in total. The number of aldehydes is 1. The Morgan fingerprint density at radius 2 is 1.83 bits per heavy atom. The van der Waals surface area contributed by atoms with Gasteiger partial charge in [0.05, 0.1) is 6.61 Å². The molecule has 0 aromatic rings. The summed E-state index contributed by atoms with van der Waals surface area (Å²) >= 11 is 0. The second-order valence-corrected chi connectivity index (χ2v) is 3.79. The van der Waals surface area contributed by atoms with E-state index in [0.29, 0.717) is 6.29 Å². The molecule has 4 atom stereocenters. The number of carbonyl (C=O) groups excluding carboxylic acids is 2. The Morgan fingerprint density at radius 3 is 2.17 bits per heavy atom. The van der Waals surface area contributed by atoms with Gasteiger partial charge in [0.15, 0.2) is 0 Å². The normalized spacial score (nSPS) is 17.6. The molecule has 0 fully saturated rings. The Balaban J connectivity index is 4.86. The quantitative estimate of drug-likeness (QED) is 0.504. The van der Waals surface area contributed by atoms with Crippen molar-refractivity contribution in [3.8, 4) is 0 Å². The van der Waals surface area contributed by atoms with Crippen molar-refractivity contribution in [3.63, 3.8) is 0 Å². The predicted octanol–water partition coefficient (Wildman–Crippen LogP) is -1.27. The maximum absolute atomic E-state index is 11.0. The number of hydrogen-bond acceptors (Lipinski definition) is 6. The fourth-order valence-electron chi connectivity index (χ4n) is 1.69. The number of ether oxygens (including phenoxy) is 3. The van der Waals surface area contributed by atoms with Gasteiger partial charge in [0.2, 0.25) is 5.91 Å². The van der Waals surface area contributed by atoms with Crippen LogP contribution in [0, 0.1) is 0 Å². The molecular weight excluding hydrogens is 242 g/mol. The summed E-state index contributed by atoms with van der Waals surface area (Å²) in [4.78, 5) is 22.0. The first kappa shape index (κ1) is 17.0. The Labute approximate surface area is 106 Å². The highest BCUT2D eigenvalue weighted by Crippen LogP contribution is 2.12. The number of nitrogens with one attached hydrogen (secondary N) is 1.